The Balaban J connectivity index is 1.99. The van der Waals surface area contributed by atoms with Gasteiger partial charge in [-0.2, -0.15) is 0 Å². The van der Waals surface area contributed by atoms with Crippen molar-refractivity contribution in [2.45, 2.75) is 0 Å². The Morgan fingerprint density at radius 2 is 1.72 bits per heavy atom. The molecule has 2 aromatic heterocycles. The third-order valence-corrected chi connectivity index (χ3v) is 2.56. The Kier molecular flexibility index (Phi) is 2.37. The molecule has 0 unspecified atom stereocenters. The average molecular weight is 244 g/mol. The summed E-state index contributed by atoms with van der Waals surface area (Å²) in [4.78, 5) is 0. The molecule has 0 amide bonds. The van der Waals surface area contributed by atoms with Crippen LogP contribution in [0, 0.1) is 5.82 Å². The van der Waals surface area contributed by atoms with E-state index in [1.54, 1.807) is 24.3 Å². The molecule has 0 saturated heterocycles. The van der Waals surface area contributed by atoms with Gasteiger partial charge in [0.15, 0.2) is 5.76 Å². The van der Waals surface area contributed by atoms with Crippen LogP contribution < -0.4 is 5.73 Å². The van der Waals surface area contributed by atoms with Crippen molar-refractivity contribution >= 4 is 5.69 Å². The van der Waals surface area contributed by atoms with E-state index in [9.17, 15) is 4.39 Å². The number of nitrogen functional groups attached to an aromatic ring is 1. The highest BCUT2D eigenvalue weighted by molar-refractivity contribution is 5.68. The third kappa shape index (κ3) is 1.75. The number of nitrogens with two attached hydrogens (primary N) is 1. The van der Waals surface area contributed by atoms with Gasteiger partial charge in [-0.05, 0) is 36.4 Å². The van der Waals surface area contributed by atoms with Crippen LogP contribution >= 0.6 is 0 Å². The van der Waals surface area contributed by atoms with Crippen LogP contribution in [0.3, 0.4) is 0 Å². The van der Waals surface area contributed by atoms with Gasteiger partial charge < -0.3 is 14.7 Å². The molecule has 0 fully saturated rings. The average Bonchev–Trinajstić information content (AvgIpc) is 2.98. The summed E-state index contributed by atoms with van der Waals surface area (Å²) in [6, 6.07) is 9.53. The van der Waals surface area contributed by atoms with Crippen LogP contribution in [-0.4, -0.2) is 5.16 Å². The molecule has 0 saturated carbocycles. The number of rotatable bonds is 2. The number of hydrogen-bond acceptors (Lipinski definition) is 4. The normalized spacial score (nSPS) is 10.7. The van der Waals surface area contributed by atoms with Crippen LogP contribution in [0.1, 0.15) is 0 Å². The van der Waals surface area contributed by atoms with E-state index >= 15 is 0 Å². The Bertz CT molecular complexity index is 670. The fourth-order valence-electron chi connectivity index (χ4n) is 1.66. The van der Waals surface area contributed by atoms with E-state index in [0.717, 1.165) is 5.56 Å². The molecule has 0 spiro atoms. The second-order valence-corrected chi connectivity index (χ2v) is 3.78. The molecule has 3 aromatic rings. The van der Waals surface area contributed by atoms with Crippen molar-refractivity contribution in [2.24, 2.45) is 0 Å². The van der Waals surface area contributed by atoms with E-state index < -0.39 is 0 Å². The monoisotopic (exact) mass is 244 g/mol. The first-order valence-corrected chi connectivity index (χ1v) is 5.30. The fourth-order valence-corrected chi connectivity index (χ4v) is 1.66. The molecule has 0 aliphatic carbocycles. The van der Waals surface area contributed by atoms with Crippen molar-refractivity contribution in [1.29, 1.82) is 0 Å². The van der Waals surface area contributed by atoms with E-state index in [1.165, 1.54) is 18.3 Å². The predicted octanol–water partition coefficient (Wildman–Crippen LogP) is 3.32. The van der Waals surface area contributed by atoms with Gasteiger partial charge in [0.2, 0.25) is 5.76 Å². The number of halogens is 1. The molecule has 1 aromatic carbocycles. The number of aromatic nitrogens is 1. The number of anilines is 1. The van der Waals surface area contributed by atoms with Gasteiger partial charge in [0.1, 0.15) is 17.3 Å². The van der Waals surface area contributed by atoms with Gasteiger partial charge in [-0.1, -0.05) is 5.16 Å². The number of hydrogen-bond donors (Lipinski definition) is 1. The van der Waals surface area contributed by atoms with Crippen molar-refractivity contribution in [3.8, 4) is 22.8 Å². The summed E-state index contributed by atoms with van der Waals surface area (Å²) in [5.74, 6) is 1.21. The van der Waals surface area contributed by atoms with Crippen LogP contribution in [0.15, 0.2) is 51.5 Å². The van der Waals surface area contributed by atoms with Crippen LogP contribution in [0.2, 0.25) is 0 Å². The maximum Gasteiger partial charge on any atom is 0.224 e. The molecule has 2 heterocycles. The summed E-state index contributed by atoms with van der Waals surface area (Å²) < 4.78 is 23.4. The Labute approximate surface area is 102 Å². The standard InChI is InChI=1S/C13H9FN2O2/c14-9-3-1-8(2-4-9)11-5-6-12(17-11)13-10(15)7-16-18-13/h1-7H,15H2. The zero-order valence-electron chi connectivity index (χ0n) is 9.26. The molecule has 0 atom stereocenters. The minimum atomic E-state index is -0.287. The molecule has 0 aliphatic rings. The lowest BCUT2D eigenvalue weighted by Gasteiger charge is -1.96. The minimum absolute atomic E-state index is 0.287. The quantitative estimate of drug-likeness (QED) is 0.750. The van der Waals surface area contributed by atoms with Crippen molar-refractivity contribution in [3.63, 3.8) is 0 Å². The summed E-state index contributed by atoms with van der Waals surface area (Å²) in [5, 5.41) is 3.58. The highest BCUT2D eigenvalue weighted by Gasteiger charge is 2.13. The molecular formula is C13H9FN2O2. The van der Waals surface area contributed by atoms with E-state index in [2.05, 4.69) is 5.16 Å². The first-order valence-electron chi connectivity index (χ1n) is 5.30. The van der Waals surface area contributed by atoms with Gasteiger partial charge in [-0.3, -0.25) is 0 Å². The number of furan rings is 1. The summed E-state index contributed by atoms with van der Waals surface area (Å²) in [6.45, 7) is 0. The second-order valence-electron chi connectivity index (χ2n) is 3.78. The van der Waals surface area contributed by atoms with E-state index in [4.69, 9.17) is 14.7 Å². The lowest BCUT2D eigenvalue weighted by Crippen LogP contribution is -1.82. The molecular weight excluding hydrogens is 235 g/mol. The van der Waals surface area contributed by atoms with Gasteiger partial charge in [-0.25, -0.2) is 4.39 Å². The predicted molar refractivity (Wildman–Crippen MR) is 64.0 cm³/mol. The first kappa shape index (κ1) is 10.6. The number of benzene rings is 1. The summed E-state index contributed by atoms with van der Waals surface area (Å²) in [6.07, 6.45) is 1.41. The van der Waals surface area contributed by atoms with Gasteiger partial charge >= 0.3 is 0 Å². The molecule has 2 N–H and O–H groups in total. The Morgan fingerprint density at radius 1 is 1.00 bits per heavy atom. The molecule has 0 radical (unpaired) electrons. The maximum atomic E-state index is 12.8. The molecule has 0 bridgehead atoms. The van der Waals surface area contributed by atoms with Crippen molar-refractivity contribution < 1.29 is 13.3 Å². The van der Waals surface area contributed by atoms with E-state index in [-0.39, 0.29) is 5.82 Å². The van der Waals surface area contributed by atoms with Crippen LogP contribution in [0.5, 0.6) is 0 Å². The van der Waals surface area contributed by atoms with E-state index in [0.29, 0.717) is 23.0 Å². The van der Waals surface area contributed by atoms with Crippen molar-refractivity contribution in [1.82, 2.24) is 5.16 Å². The molecule has 5 heteroatoms. The van der Waals surface area contributed by atoms with Crippen LogP contribution in [-0.2, 0) is 0 Å². The van der Waals surface area contributed by atoms with E-state index in [1.807, 2.05) is 0 Å². The summed E-state index contributed by atoms with van der Waals surface area (Å²) >= 11 is 0. The highest BCUT2D eigenvalue weighted by Crippen LogP contribution is 2.31. The molecule has 90 valence electrons. The van der Waals surface area contributed by atoms with Gasteiger partial charge in [-0.15, -0.1) is 0 Å². The lowest BCUT2D eigenvalue weighted by molar-refractivity contribution is 0.419. The minimum Gasteiger partial charge on any atom is -0.453 e. The van der Waals surface area contributed by atoms with Crippen LogP contribution in [0.25, 0.3) is 22.8 Å². The van der Waals surface area contributed by atoms with Crippen LogP contribution in [0.4, 0.5) is 10.1 Å². The molecule has 18 heavy (non-hydrogen) atoms. The number of nitrogens with zero attached hydrogens (tertiary/aromatic N) is 1. The van der Waals surface area contributed by atoms with Gasteiger partial charge in [0.25, 0.3) is 0 Å². The second kappa shape index (κ2) is 4.03. The Hall–Kier alpha value is -2.56. The smallest absolute Gasteiger partial charge is 0.224 e. The largest absolute Gasteiger partial charge is 0.453 e. The summed E-state index contributed by atoms with van der Waals surface area (Å²) in [7, 11) is 0. The molecule has 3 rings (SSSR count). The Morgan fingerprint density at radius 3 is 2.39 bits per heavy atom. The first-order chi connectivity index (χ1) is 8.74. The van der Waals surface area contributed by atoms with Crippen molar-refractivity contribution in [3.05, 3.63) is 48.4 Å². The highest BCUT2D eigenvalue weighted by atomic mass is 19.1. The lowest BCUT2D eigenvalue weighted by atomic mass is 10.2. The van der Waals surface area contributed by atoms with Gasteiger partial charge in [0, 0.05) is 5.56 Å². The van der Waals surface area contributed by atoms with Crippen molar-refractivity contribution in [2.75, 3.05) is 5.73 Å². The molecule has 0 aliphatic heterocycles. The maximum absolute atomic E-state index is 12.8. The van der Waals surface area contributed by atoms with Gasteiger partial charge in [0.05, 0.1) is 6.20 Å². The zero-order chi connectivity index (χ0) is 12.5. The topological polar surface area (TPSA) is 65.2 Å². The SMILES string of the molecule is Nc1cnoc1-c1ccc(-c2ccc(F)cc2)o1. The summed E-state index contributed by atoms with van der Waals surface area (Å²) in [5.41, 5.74) is 6.87. The fraction of sp³-hybridized carbons (Fsp3) is 0. The molecule has 4 nitrogen and oxygen atoms in total. The third-order valence-electron chi connectivity index (χ3n) is 2.56. The zero-order valence-corrected chi connectivity index (χ0v) is 9.26.